The fourth-order valence-electron chi connectivity index (χ4n) is 3.55. The molecule has 2 aromatic heterocycles. The van der Waals surface area contributed by atoms with E-state index in [0.29, 0.717) is 22.4 Å². The zero-order chi connectivity index (χ0) is 22.5. The number of unbranched alkanes of at least 4 members (excludes halogenated alkanes) is 2. The maximum Gasteiger partial charge on any atom is 0.281 e. The number of nitrogens with zero attached hydrogens (tertiary/aromatic N) is 2. The molecule has 4 rings (SSSR count). The Morgan fingerprint density at radius 3 is 2.56 bits per heavy atom. The molecule has 0 atom stereocenters. The minimum atomic E-state index is -0.390. The van der Waals surface area contributed by atoms with Gasteiger partial charge in [0.1, 0.15) is 16.9 Å². The first-order valence-corrected chi connectivity index (χ1v) is 11.5. The van der Waals surface area contributed by atoms with Crippen LogP contribution in [0.1, 0.15) is 41.4 Å². The first-order valence-electron chi connectivity index (χ1n) is 10.7. The third kappa shape index (κ3) is 4.57. The molecule has 0 aliphatic carbocycles. The number of rotatable bonds is 8. The number of fused-ring (bicyclic) bond motifs is 1. The lowest BCUT2D eigenvalue weighted by atomic mass is 10.0. The first-order chi connectivity index (χ1) is 15.6. The molecule has 0 unspecified atom stereocenters. The summed E-state index contributed by atoms with van der Waals surface area (Å²) in [7, 11) is 0. The van der Waals surface area contributed by atoms with E-state index >= 15 is 0 Å². The number of benzene rings is 2. The van der Waals surface area contributed by atoms with Gasteiger partial charge in [-0.15, -0.1) is 11.3 Å². The Balaban J connectivity index is 1.56. The van der Waals surface area contributed by atoms with Gasteiger partial charge in [0.25, 0.3) is 11.5 Å². The number of ether oxygens (including phenoxy) is 1. The number of amides is 1. The second kappa shape index (κ2) is 9.78. The van der Waals surface area contributed by atoms with Crippen LogP contribution in [-0.2, 0) is 0 Å². The minimum absolute atomic E-state index is 0.303. The van der Waals surface area contributed by atoms with Crippen LogP contribution in [0.25, 0.3) is 21.3 Å². The minimum Gasteiger partial charge on any atom is -0.494 e. The van der Waals surface area contributed by atoms with Crippen LogP contribution in [0.5, 0.6) is 5.75 Å². The van der Waals surface area contributed by atoms with Gasteiger partial charge in [-0.2, -0.15) is 0 Å². The number of nitrogens with one attached hydrogen (secondary N) is 1. The van der Waals surface area contributed by atoms with Crippen LogP contribution in [0.2, 0.25) is 0 Å². The van der Waals surface area contributed by atoms with Crippen molar-refractivity contribution in [3.63, 3.8) is 0 Å². The van der Waals surface area contributed by atoms with Gasteiger partial charge in [-0.25, -0.2) is 9.66 Å². The predicted molar refractivity (Wildman–Crippen MR) is 129 cm³/mol. The normalized spacial score (nSPS) is 10.9. The van der Waals surface area contributed by atoms with Gasteiger partial charge >= 0.3 is 0 Å². The van der Waals surface area contributed by atoms with Crippen molar-refractivity contribution < 1.29 is 9.53 Å². The van der Waals surface area contributed by atoms with E-state index in [9.17, 15) is 9.59 Å². The largest absolute Gasteiger partial charge is 0.494 e. The molecule has 0 fully saturated rings. The van der Waals surface area contributed by atoms with E-state index in [1.54, 1.807) is 24.3 Å². The number of aromatic nitrogens is 2. The second-order valence-corrected chi connectivity index (χ2v) is 8.72. The zero-order valence-corrected chi connectivity index (χ0v) is 18.9. The summed E-state index contributed by atoms with van der Waals surface area (Å²) in [5.74, 6) is 0.332. The molecular formula is C25H25N3O3S. The van der Waals surface area contributed by atoms with Crippen LogP contribution in [0, 0.1) is 6.92 Å². The lowest BCUT2D eigenvalue weighted by molar-refractivity contribution is 0.101. The van der Waals surface area contributed by atoms with Crippen molar-refractivity contribution in [2.75, 3.05) is 12.0 Å². The molecule has 0 radical (unpaired) electrons. The summed E-state index contributed by atoms with van der Waals surface area (Å²) in [6.07, 6.45) is 4.63. The highest BCUT2D eigenvalue weighted by Crippen LogP contribution is 2.35. The zero-order valence-electron chi connectivity index (χ0n) is 18.1. The Bertz CT molecular complexity index is 1280. The molecule has 164 valence electrons. The third-order valence-corrected chi connectivity index (χ3v) is 6.22. The van der Waals surface area contributed by atoms with E-state index in [1.165, 1.54) is 17.7 Å². The van der Waals surface area contributed by atoms with Crippen LogP contribution in [0.3, 0.4) is 0 Å². The molecular weight excluding hydrogens is 422 g/mol. The average Bonchev–Trinajstić information content (AvgIpc) is 3.16. The topological polar surface area (TPSA) is 73.2 Å². The molecule has 0 spiro atoms. The van der Waals surface area contributed by atoms with Gasteiger partial charge in [-0.05, 0) is 43.2 Å². The maximum absolute atomic E-state index is 13.2. The summed E-state index contributed by atoms with van der Waals surface area (Å²) in [5, 5.41) is 0.511. The number of hydrogen-bond donors (Lipinski definition) is 1. The monoisotopic (exact) mass is 447 g/mol. The van der Waals surface area contributed by atoms with Gasteiger partial charge in [0.2, 0.25) is 0 Å². The van der Waals surface area contributed by atoms with Crippen molar-refractivity contribution in [1.29, 1.82) is 0 Å². The molecule has 0 saturated carbocycles. The molecule has 0 bridgehead atoms. The standard InChI is InChI=1S/C25H25N3O3S/c1-3-4-8-15-31-20-13-11-19(12-14-20)23(29)27-28-16-26-24-22(25(28)30)21(17(2)32-24)18-9-6-5-7-10-18/h5-7,9-14,16H,3-4,8,15H2,1-2H3,(H,27,29). The molecule has 32 heavy (non-hydrogen) atoms. The van der Waals surface area contributed by atoms with E-state index in [1.807, 2.05) is 37.3 Å². The van der Waals surface area contributed by atoms with Crippen LogP contribution in [-0.4, -0.2) is 22.2 Å². The Hall–Kier alpha value is -3.45. The van der Waals surface area contributed by atoms with Crippen molar-refractivity contribution in [1.82, 2.24) is 9.66 Å². The molecule has 0 aliphatic rings. The van der Waals surface area contributed by atoms with E-state index in [2.05, 4.69) is 17.3 Å². The Morgan fingerprint density at radius 1 is 1.09 bits per heavy atom. The Labute approximate surface area is 190 Å². The predicted octanol–water partition coefficient (Wildman–Crippen LogP) is 5.39. The molecule has 6 nitrogen and oxygen atoms in total. The van der Waals surface area contributed by atoms with Crippen LogP contribution >= 0.6 is 11.3 Å². The van der Waals surface area contributed by atoms with Gasteiger partial charge in [-0.3, -0.25) is 15.0 Å². The highest BCUT2D eigenvalue weighted by molar-refractivity contribution is 7.19. The van der Waals surface area contributed by atoms with Gasteiger partial charge in [0, 0.05) is 16.0 Å². The third-order valence-electron chi connectivity index (χ3n) is 5.21. The molecule has 4 aromatic rings. The fraction of sp³-hybridized carbons (Fsp3) is 0.240. The van der Waals surface area contributed by atoms with Crippen molar-refractivity contribution in [3.05, 3.63) is 81.7 Å². The smallest absolute Gasteiger partial charge is 0.281 e. The number of carbonyl (C=O) groups excluding carboxylic acids is 1. The van der Waals surface area contributed by atoms with Crippen molar-refractivity contribution in [3.8, 4) is 16.9 Å². The first kappa shape index (κ1) is 21.8. The van der Waals surface area contributed by atoms with E-state index in [-0.39, 0.29) is 11.5 Å². The lowest BCUT2D eigenvalue weighted by Crippen LogP contribution is -2.33. The van der Waals surface area contributed by atoms with Crippen molar-refractivity contribution >= 4 is 27.5 Å². The lowest BCUT2D eigenvalue weighted by Gasteiger charge is -2.10. The molecule has 1 N–H and O–H groups in total. The number of aryl methyl sites for hydroxylation is 1. The van der Waals surface area contributed by atoms with Gasteiger partial charge in [0.15, 0.2) is 0 Å². The summed E-state index contributed by atoms with van der Waals surface area (Å²) in [4.78, 5) is 32.0. The summed E-state index contributed by atoms with van der Waals surface area (Å²) < 4.78 is 6.84. The molecule has 2 aromatic carbocycles. The summed E-state index contributed by atoms with van der Waals surface area (Å²) in [5.41, 5.74) is 4.59. The molecule has 0 saturated heterocycles. The summed E-state index contributed by atoms with van der Waals surface area (Å²) >= 11 is 1.47. The fourth-order valence-corrected chi connectivity index (χ4v) is 4.56. The van der Waals surface area contributed by atoms with Gasteiger partial charge < -0.3 is 4.74 Å². The second-order valence-electron chi connectivity index (χ2n) is 7.52. The number of thiophene rings is 1. The molecule has 1 amide bonds. The highest BCUT2D eigenvalue weighted by Gasteiger charge is 2.18. The molecule has 0 aliphatic heterocycles. The van der Waals surface area contributed by atoms with Gasteiger partial charge in [0.05, 0.1) is 12.0 Å². The average molecular weight is 448 g/mol. The van der Waals surface area contributed by atoms with Crippen molar-refractivity contribution in [2.24, 2.45) is 0 Å². The quantitative estimate of drug-likeness (QED) is 0.368. The van der Waals surface area contributed by atoms with Crippen LogP contribution < -0.4 is 15.7 Å². The van der Waals surface area contributed by atoms with Crippen LogP contribution in [0.4, 0.5) is 0 Å². The van der Waals surface area contributed by atoms with Crippen LogP contribution in [0.15, 0.2) is 65.7 Å². The number of hydrogen-bond acceptors (Lipinski definition) is 5. The summed E-state index contributed by atoms with van der Waals surface area (Å²) in [6.45, 7) is 4.78. The van der Waals surface area contributed by atoms with Crippen molar-refractivity contribution in [2.45, 2.75) is 33.1 Å². The summed E-state index contributed by atoms with van der Waals surface area (Å²) in [6, 6.07) is 16.6. The van der Waals surface area contributed by atoms with E-state index < -0.39 is 0 Å². The van der Waals surface area contributed by atoms with E-state index in [4.69, 9.17) is 4.74 Å². The Kier molecular flexibility index (Phi) is 6.66. The Morgan fingerprint density at radius 2 is 1.84 bits per heavy atom. The van der Waals surface area contributed by atoms with Gasteiger partial charge in [-0.1, -0.05) is 50.1 Å². The molecule has 7 heteroatoms. The SMILES string of the molecule is CCCCCOc1ccc(C(=O)Nn2cnc3sc(C)c(-c4ccccc4)c3c2=O)cc1. The molecule has 2 heterocycles. The van der Waals surface area contributed by atoms with E-state index in [0.717, 1.165) is 45.7 Å². The highest BCUT2D eigenvalue weighted by atomic mass is 32.1. The maximum atomic E-state index is 13.2. The number of carbonyl (C=O) groups is 1.